The maximum atomic E-state index is 4.78. The summed E-state index contributed by atoms with van der Waals surface area (Å²) >= 11 is 1.77. The van der Waals surface area contributed by atoms with E-state index in [0.717, 1.165) is 31.0 Å². The number of aromatic nitrogens is 1. The standard InChI is InChI=1S/C20H35N5S/c1-20(2,3)17-13-26-18(24-17)9-10-22-19(21-4)23-14-11-15-7-6-8-16(12-14)25(15)5/h13-16H,6-12H2,1-5H3,(H2,21,22,23). The lowest BCUT2D eigenvalue weighted by Gasteiger charge is -2.47. The number of nitrogens with one attached hydrogen (secondary N) is 2. The van der Waals surface area contributed by atoms with E-state index in [9.17, 15) is 0 Å². The van der Waals surface area contributed by atoms with Crippen LogP contribution < -0.4 is 10.6 Å². The average Bonchev–Trinajstić information content (AvgIpc) is 3.04. The first-order valence-electron chi connectivity index (χ1n) is 10.0. The monoisotopic (exact) mass is 377 g/mol. The average molecular weight is 378 g/mol. The highest BCUT2D eigenvalue weighted by Crippen LogP contribution is 2.32. The number of guanidine groups is 1. The minimum Gasteiger partial charge on any atom is -0.356 e. The second kappa shape index (κ2) is 8.26. The molecular weight excluding hydrogens is 342 g/mol. The fraction of sp³-hybridized carbons (Fsp3) is 0.800. The molecule has 2 aliphatic heterocycles. The molecule has 2 saturated heterocycles. The number of thiazole rings is 1. The molecule has 2 fully saturated rings. The van der Waals surface area contributed by atoms with E-state index in [1.54, 1.807) is 11.3 Å². The fourth-order valence-electron chi connectivity index (χ4n) is 4.18. The number of hydrogen-bond acceptors (Lipinski definition) is 4. The van der Waals surface area contributed by atoms with Crippen LogP contribution in [0.25, 0.3) is 0 Å². The fourth-order valence-corrected chi connectivity index (χ4v) is 5.20. The van der Waals surface area contributed by atoms with Crippen molar-refractivity contribution in [1.82, 2.24) is 20.5 Å². The lowest BCUT2D eigenvalue weighted by Crippen LogP contribution is -2.56. The number of aliphatic imine (C=N–C) groups is 1. The van der Waals surface area contributed by atoms with Crippen LogP contribution in [-0.2, 0) is 11.8 Å². The van der Waals surface area contributed by atoms with Crippen LogP contribution in [0.15, 0.2) is 10.4 Å². The molecule has 0 saturated carbocycles. The van der Waals surface area contributed by atoms with Crippen molar-refractivity contribution in [1.29, 1.82) is 0 Å². The van der Waals surface area contributed by atoms with E-state index in [-0.39, 0.29) is 5.41 Å². The summed E-state index contributed by atoms with van der Waals surface area (Å²) in [5.74, 6) is 0.935. The second-order valence-electron chi connectivity index (χ2n) is 8.84. The molecule has 5 nitrogen and oxygen atoms in total. The molecular formula is C20H35N5S. The first kappa shape index (κ1) is 19.6. The van der Waals surface area contributed by atoms with Crippen molar-refractivity contribution < 1.29 is 0 Å². The Kier molecular flexibility index (Phi) is 6.23. The summed E-state index contributed by atoms with van der Waals surface area (Å²) in [6.07, 6.45) is 7.49. The Morgan fingerprint density at radius 3 is 2.58 bits per heavy atom. The summed E-state index contributed by atoms with van der Waals surface area (Å²) in [5, 5.41) is 10.5. The number of rotatable bonds is 4. The highest BCUT2D eigenvalue weighted by atomic mass is 32.1. The van der Waals surface area contributed by atoms with Crippen LogP contribution in [-0.4, -0.2) is 54.6 Å². The summed E-state index contributed by atoms with van der Waals surface area (Å²) in [7, 11) is 4.17. The molecule has 1 aromatic rings. The first-order valence-corrected chi connectivity index (χ1v) is 10.9. The predicted octanol–water partition coefficient (Wildman–Crippen LogP) is 3.16. The van der Waals surface area contributed by atoms with Gasteiger partial charge in [-0.1, -0.05) is 27.2 Å². The lowest BCUT2D eigenvalue weighted by atomic mass is 9.82. The highest BCUT2D eigenvalue weighted by molar-refractivity contribution is 7.09. The summed E-state index contributed by atoms with van der Waals surface area (Å²) in [5.41, 5.74) is 1.32. The maximum Gasteiger partial charge on any atom is 0.191 e. The van der Waals surface area contributed by atoms with Crippen LogP contribution in [0.3, 0.4) is 0 Å². The number of nitrogens with zero attached hydrogens (tertiary/aromatic N) is 3. The third-order valence-electron chi connectivity index (χ3n) is 5.86. The van der Waals surface area contributed by atoms with Gasteiger partial charge >= 0.3 is 0 Å². The van der Waals surface area contributed by atoms with Crippen LogP contribution in [0.5, 0.6) is 0 Å². The topological polar surface area (TPSA) is 52.6 Å². The van der Waals surface area contributed by atoms with Gasteiger partial charge in [-0.15, -0.1) is 11.3 Å². The first-order chi connectivity index (χ1) is 12.4. The van der Waals surface area contributed by atoms with E-state index < -0.39 is 0 Å². The zero-order valence-electron chi connectivity index (χ0n) is 17.0. The maximum absolute atomic E-state index is 4.78. The van der Waals surface area contributed by atoms with E-state index in [4.69, 9.17) is 4.98 Å². The Morgan fingerprint density at radius 2 is 2.00 bits per heavy atom. The van der Waals surface area contributed by atoms with E-state index in [1.807, 2.05) is 7.05 Å². The minimum atomic E-state index is 0.131. The second-order valence-corrected chi connectivity index (χ2v) is 9.78. The molecule has 2 unspecified atom stereocenters. The zero-order valence-corrected chi connectivity index (χ0v) is 17.8. The molecule has 2 aliphatic rings. The summed E-state index contributed by atoms with van der Waals surface area (Å²) in [4.78, 5) is 11.8. The van der Waals surface area contributed by atoms with Gasteiger partial charge in [-0.25, -0.2) is 4.98 Å². The predicted molar refractivity (Wildman–Crippen MR) is 111 cm³/mol. The van der Waals surface area contributed by atoms with Crippen molar-refractivity contribution in [3.63, 3.8) is 0 Å². The van der Waals surface area contributed by atoms with E-state index in [2.05, 4.69) is 53.7 Å². The summed E-state index contributed by atoms with van der Waals surface area (Å²) in [6, 6.07) is 2.02. The Morgan fingerprint density at radius 1 is 1.31 bits per heavy atom. The molecule has 2 bridgehead atoms. The van der Waals surface area contributed by atoms with Gasteiger partial charge in [0.05, 0.1) is 10.7 Å². The van der Waals surface area contributed by atoms with Crippen molar-refractivity contribution in [3.05, 3.63) is 16.1 Å². The number of fused-ring (bicyclic) bond motifs is 2. The van der Waals surface area contributed by atoms with Gasteiger partial charge in [0.1, 0.15) is 0 Å². The number of piperidine rings is 2. The molecule has 0 radical (unpaired) electrons. The van der Waals surface area contributed by atoms with Gasteiger partial charge in [0.15, 0.2) is 5.96 Å². The SMILES string of the molecule is CN=C(NCCc1nc(C(C)(C)C)cs1)NC1CC2CCCC(C1)N2C. The normalized spacial score (nSPS) is 27.4. The van der Waals surface area contributed by atoms with Gasteiger partial charge in [-0.3, -0.25) is 4.99 Å². The third-order valence-corrected chi connectivity index (χ3v) is 6.76. The van der Waals surface area contributed by atoms with E-state index >= 15 is 0 Å². The Labute approximate surface area is 162 Å². The van der Waals surface area contributed by atoms with Gasteiger partial charge in [0, 0.05) is 48.9 Å². The summed E-state index contributed by atoms with van der Waals surface area (Å²) < 4.78 is 0. The van der Waals surface area contributed by atoms with Gasteiger partial charge in [0.25, 0.3) is 0 Å². The van der Waals surface area contributed by atoms with Crippen LogP contribution in [0.2, 0.25) is 0 Å². The van der Waals surface area contributed by atoms with Gasteiger partial charge < -0.3 is 15.5 Å². The van der Waals surface area contributed by atoms with Crippen LogP contribution >= 0.6 is 11.3 Å². The van der Waals surface area contributed by atoms with Gasteiger partial charge in [-0.05, 0) is 32.7 Å². The highest BCUT2D eigenvalue weighted by Gasteiger charge is 2.36. The molecule has 0 amide bonds. The molecule has 1 aromatic heterocycles. The molecule has 146 valence electrons. The van der Waals surface area contributed by atoms with Crippen molar-refractivity contribution in [2.75, 3.05) is 20.6 Å². The molecule has 2 atom stereocenters. The Bertz CT molecular complexity index is 604. The molecule has 0 aliphatic carbocycles. The third kappa shape index (κ3) is 4.77. The smallest absolute Gasteiger partial charge is 0.191 e. The quantitative estimate of drug-likeness (QED) is 0.625. The zero-order chi connectivity index (χ0) is 18.7. The largest absolute Gasteiger partial charge is 0.356 e. The number of hydrogen-bond donors (Lipinski definition) is 2. The van der Waals surface area contributed by atoms with Crippen molar-refractivity contribution in [2.45, 2.75) is 82.8 Å². The van der Waals surface area contributed by atoms with Gasteiger partial charge in [-0.2, -0.15) is 0 Å². The van der Waals surface area contributed by atoms with E-state index in [0.29, 0.717) is 6.04 Å². The van der Waals surface area contributed by atoms with Crippen LogP contribution in [0.1, 0.15) is 63.6 Å². The molecule has 6 heteroatoms. The Balaban J connectivity index is 1.46. The lowest BCUT2D eigenvalue weighted by molar-refractivity contribution is 0.0526. The van der Waals surface area contributed by atoms with Crippen molar-refractivity contribution >= 4 is 17.3 Å². The Hall–Kier alpha value is -1.14. The molecule has 3 heterocycles. The molecule has 2 N–H and O–H groups in total. The summed E-state index contributed by atoms with van der Waals surface area (Å²) in [6.45, 7) is 7.52. The molecule has 0 aromatic carbocycles. The van der Waals surface area contributed by atoms with Gasteiger partial charge in [0.2, 0.25) is 0 Å². The van der Waals surface area contributed by atoms with Crippen molar-refractivity contribution in [3.8, 4) is 0 Å². The van der Waals surface area contributed by atoms with E-state index in [1.165, 1.54) is 42.8 Å². The molecule has 3 rings (SSSR count). The van der Waals surface area contributed by atoms with Crippen LogP contribution in [0.4, 0.5) is 0 Å². The minimum absolute atomic E-state index is 0.131. The molecule has 26 heavy (non-hydrogen) atoms. The van der Waals surface area contributed by atoms with Crippen LogP contribution in [0, 0.1) is 0 Å². The van der Waals surface area contributed by atoms with Crippen molar-refractivity contribution in [2.24, 2.45) is 4.99 Å². The molecule has 0 spiro atoms.